The van der Waals surface area contributed by atoms with Crippen molar-refractivity contribution in [2.24, 2.45) is 4.99 Å². The van der Waals surface area contributed by atoms with Crippen molar-refractivity contribution in [3.8, 4) is 0 Å². The Morgan fingerprint density at radius 2 is 1.86 bits per heavy atom. The second-order valence-corrected chi connectivity index (χ2v) is 5.30. The third-order valence-electron chi connectivity index (χ3n) is 3.30. The Morgan fingerprint density at radius 1 is 1.10 bits per heavy atom. The minimum absolute atomic E-state index is 1.01. The second kappa shape index (κ2) is 13.4. The lowest BCUT2D eigenvalue weighted by Crippen LogP contribution is -1.90. The molecule has 0 saturated heterocycles. The van der Waals surface area contributed by atoms with Gasteiger partial charge < -0.3 is 0 Å². The van der Waals surface area contributed by atoms with Crippen LogP contribution in [0.2, 0.25) is 0 Å². The van der Waals surface area contributed by atoms with Gasteiger partial charge in [0.05, 0.1) is 0 Å². The number of hydrogen-bond acceptors (Lipinski definition) is 1. The lowest BCUT2D eigenvalue weighted by molar-refractivity contribution is 0.788. The van der Waals surface area contributed by atoms with Crippen molar-refractivity contribution in [1.29, 1.82) is 0 Å². The molecule has 0 radical (unpaired) electrons. The molecular formula is C20H31N. The summed E-state index contributed by atoms with van der Waals surface area (Å²) in [6, 6.07) is 0. The predicted molar refractivity (Wildman–Crippen MR) is 97.9 cm³/mol. The van der Waals surface area contributed by atoms with Gasteiger partial charge in [0, 0.05) is 12.4 Å². The van der Waals surface area contributed by atoms with Crippen LogP contribution < -0.4 is 0 Å². The molecule has 0 amide bonds. The van der Waals surface area contributed by atoms with Gasteiger partial charge in [-0.05, 0) is 51.0 Å². The highest BCUT2D eigenvalue weighted by molar-refractivity contribution is 5.70. The summed E-state index contributed by atoms with van der Waals surface area (Å²) < 4.78 is 0. The van der Waals surface area contributed by atoms with Gasteiger partial charge in [0.2, 0.25) is 0 Å². The molecular weight excluding hydrogens is 254 g/mol. The molecule has 0 saturated carbocycles. The van der Waals surface area contributed by atoms with E-state index in [0.717, 1.165) is 31.3 Å². The molecule has 0 aliphatic rings. The van der Waals surface area contributed by atoms with E-state index in [2.05, 4.69) is 37.7 Å². The molecule has 21 heavy (non-hydrogen) atoms. The maximum atomic E-state index is 4.23. The summed E-state index contributed by atoms with van der Waals surface area (Å²) in [6.07, 6.45) is 17.7. The number of hydrogen-bond donors (Lipinski definition) is 0. The zero-order valence-electron chi connectivity index (χ0n) is 13.9. The average molecular weight is 285 g/mol. The van der Waals surface area contributed by atoms with Gasteiger partial charge in [0.25, 0.3) is 0 Å². The van der Waals surface area contributed by atoms with Crippen LogP contribution in [0.5, 0.6) is 0 Å². The van der Waals surface area contributed by atoms with Crippen LogP contribution in [0.3, 0.4) is 0 Å². The molecule has 0 aromatic heterocycles. The fourth-order valence-electron chi connectivity index (χ4n) is 2.10. The molecule has 0 aliphatic carbocycles. The van der Waals surface area contributed by atoms with Gasteiger partial charge >= 0.3 is 0 Å². The lowest BCUT2D eigenvalue weighted by Gasteiger charge is -2.09. The van der Waals surface area contributed by atoms with Crippen LogP contribution in [0.4, 0.5) is 0 Å². The molecule has 0 spiro atoms. The molecule has 0 bridgehead atoms. The topological polar surface area (TPSA) is 12.4 Å². The standard InChI is InChI=1S/C20H31N/c1-6-9-10-11-13-19(12-7-2)14-15-20(18(4)5)17-21-16-8-3/h6,8,13,16-17H,1,3-4,7,9-12,14-15H2,2,5H3/b19-13+,20-17-,21-16-. The van der Waals surface area contributed by atoms with Crippen molar-refractivity contribution < 1.29 is 0 Å². The van der Waals surface area contributed by atoms with E-state index >= 15 is 0 Å². The highest BCUT2D eigenvalue weighted by Gasteiger charge is 2.02. The van der Waals surface area contributed by atoms with E-state index in [1.807, 2.05) is 19.2 Å². The Balaban J connectivity index is 4.57. The van der Waals surface area contributed by atoms with Gasteiger partial charge in [0.15, 0.2) is 0 Å². The second-order valence-electron chi connectivity index (χ2n) is 5.30. The summed E-state index contributed by atoms with van der Waals surface area (Å²) in [5.41, 5.74) is 3.88. The van der Waals surface area contributed by atoms with Crippen molar-refractivity contribution in [2.45, 2.75) is 58.8 Å². The Bertz CT molecular complexity index is 408. The maximum Gasteiger partial charge on any atom is 0.0302 e. The van der Waals surface area contributed by atoms with Crippen molar-refractivity contribution in [2.75, 3.05) is 0 Å². The van der Waals surface area contributed by atoms with Crippen LogP contribution in [-0.2, 0) is 0 Å². The highest BCUT2D eigenvalue weighted by Crippen LogP contribution is 2.21. The van der Waals surface area contributed by atoms with E-state index in [1.165, 1.54) is 24.8 Å². The van der Waals surface area contributed by atoms with Crippen LogP contribution >= 0.6 is 0 Å². The van der Waals surface area contributed by atoms with Gasteiger partial charge in [-0.3, -0.25) is 4.99 Å². The predicted octanol–water partition coefficient (Wildman–Crippen LogP) is 6.57. The number of nitrogens with zero attached hydrogens (tertiary/aromatic N) is 1. The lowest BCUT2D eigenvalue weighted by atomic mass is 9.97. The van der Waals surface area contributed by atoms with E-state index in [-0.39, 0.29) is 0 Å². The van der Waals surface area contributed by atoms with Crippen LogP contribution in [-0.4, -0.2) is 6.21 Å². The molecule has 0 N–H and O–H groups in total. The largest absolute Gasteiger partial charge is 0.264 e. The van der Waals surface area contributed by atoms with Crippen molar-refractivity contribution >= 4 is 6.21 Å². The monoisotopic (exact) mass is 285 g/mol. The fourth-order valence-corrected chi connectivity index (χ4v) is 2.10. The Morgan fingerprint density at radius 3 is 2.43 bits per heavy atom. The molecule has 0 aliphatic heterocycles. The van der Waals surface area contributed by atoms with Crippen LogP contribution in [0.1, 0.15) is 58.8 Å². The van der Waals surface area contributed by atoms with Gasteiger partial charge in [-0.2, -0.15) is 0 Å². The van der Waals surface area contributed by atoms with Crippen molar-refractivity contribution in [3.63, 3.8) is 0 Å². The van der Waals surface area contributed by atoms with Gasteiger partial charge in [-0.15, -0.1) is 6.58 Å². The number of rotatable bonds is 12. The summed E-state index contributed by atoms with van der Waals surface area (Å²) in [6.45, 7) is 15.7. The molecule has 0 aromatic carbocycles. The minimum atomic E-state index is 1.01. The first-order valence-electron chi connectivity index (χ1n) is 7.93. The highest BCUT2D eigenvalue weighted by atomic mass is 14.7. The quantitative estimate of drug-likeness (QED) is 0.166. The number of allylic oxidation sites excluding steroid dienone is 6. The van der Waals surface area contributed by atoms with E-state index in [9.17, 15) is 0 Å². The van der Waals surface area contributed by atoms with E-state index < -0.39 is 0 Å². The third kappa shape index (κ3) is 10.8. The number of aliphatic imine (C=N–C) groups is 1. The van der Waals surface area contributed by atoms with Gasteiger partial charge in [-0.25, -0.2) is 0 Å². The molecule has 0 atom stereocenters. The van der Waals surface area contributed by atoms with E-state index in [0.29, 0.717) is 0 Å². The summed E-state index contributed by atoms with van der Waals surface area (Å²) in [7, 11) is 0. The van der Waals surface area contributed by atoms with Crippen molar-refractivity contribution in [3.05, 3.63) is 60.9 Å². The minimum Gasteiger partial charge on any atom is -0.264 e. The molecule has 116 valence electrons. The third-order valence-corrected chi connectivity index (χ3v) is 3.30. The van der Waals surface area contributed by atoms with E-state index in [1.54, 1.807) is 17.9 Å². The normalized spacial score (nSPS) is 12.7. The average Bonchev–Trinajstić information content (AvgIpc) is 2.46. The molecule has 1 heteroatoms. The summed E-state index contributed by atoms with van der Waals surface area (Å²) >= 11 is 0. The summed E-state index contributed by atoms with van der Waals surface area (Å²) in [4.78, 5) is 4.23. The first-order valence-corrected chi connectivity index (χ1v) is 7.93. The molecule has 1 nitrogen and oxygen atoms in total. The maximum absolute atomic E-state index is 4.23. The van der Waals surface area contributed by atoms with Crippen molar-refractivity contribution in [1.82, 2.24) is 0 Å². The zero-order chi connectivity index (χ0) is 15.9. The van der Waals surface area contributed by atoms with E-state index in [4.69, 9.17) is 0 Å². The molecule has 0 aromatic rings. The first-order chi connectivity index (χ1) is 10.2. The van der Waals surface area contributed by atoms with Gasteiger partial charge in [-0.1, -0.05) is 55.9 Å². The van der Waals surface area contributed by atoms with Crippen LogP contribution in [0.25, 0.3) is 0 Å². The summed E-state index contributed by atoms with van der Waals surface area (Å²) in [5, 5.41) is 0. The Kier molecular flexibility index (Phi) is 12.3. The molecule has 0 rings (SSSR count). The smallest absolute Gasteiger partial charge is 0.0302 e. The molecule has 0 heterocycles. The Hall–Kier alpha value is -1.63. The zero-order valence-corrected chi connectivity index (χ0v) is 13.9. The number of unbranched alkanes of at least 4 members (excludes halogenated alkanes) is 2. The molecule has 0 unspecified atom stereocenters. The summed E-state index contributed by atoms with van der Waals surface area (Å²) in [5.74, 6) is 0. The van der Waals surface area contributed by atoms with Crippen LogP contribution in [0, 0.1) is 0 Å². The first kappa shape index (κ1) is 19.4. The van der Waals surface area contributed by atoms with Crippen LogP contribution in [0.15, 0.2) is 65.9 Å². The SMILES string of the molecule is C=C/C=N\C=C(\CC/C(=C/CCCC=C)CCC)C(=C)C. The Labute approximate surface area is 131 Å². The van der Waals surface area contributed by atoms with Gasteiger partial charge in [0.1, 0.15) is 0 Å². The fraction of sp³-hybridized carbons (Fsp3) is 0.450. The molecule has 0 fully saturated rings.